The maximum atomic E-state index is 12.6. The number of aryl methyl sites for hydroxylation is 1. The Bertz CT molecular complexity index is 651. The molecule has 0 bridgehead atoms. The summed E-state index contributed by atoms with van der Waals surface area (Å²) in [5, 5.41) is -0.965. The fourth-order valence-electron chi connectivity index (χ4n) is 2.24. The minimum absolute atomic E-state index is 0.226. The van der Waals surface area contributed by atoms with Gasteiger partial charge in [0.05, 0.1) is 12.0 Å². The quantitative estimate of drug-likeness (QED) is 0.746. The Balaban J connectivity index is 2.07. The number of esters is 1. The van der Waals surface area contributed by atoms with Crippen LogP contribution >= 0.6 is 0 Å². The van der Waals surface area contributed by atoms with E-state index in [0.717, 1.165) is 5.56 Å². The zero-order valence-corrected chi connectivity index (χ0v) is 13.4. The molecule has 0 saturated heterocycles. The van der Waals surface area contributed by atoms with E-state index in [2.05, 4.69) is 9.73 Å². The third-order valence-electron chi connectivity index (χ3n) is 3.53. The molecular formula is C15H19NO5S. The van der Waals surface area contributed by atoms with Crippen molar-refractivity contribution in [3.8, 4) is 0 Å². The molecule has 6 nitrogen and oxygen atoms in total. The molecular weight excluding hydrogens is 306 g/mol. The lowest BCUT2D eigenvalue weighted by Gasteiger charge is -2.17. The minimum atomic E-state index is -3.60. The molecule has 120 valence electrons. The number of nitrogens with zero attached hydrogens (tertiary/aromatic N) is 1. The van der Waals surface area contributed by atoms with Gasteiger partial charge in [0.25, 0.3) is 0 Å². The van der Waals surface area contributed by atoms with Gasteiger partial charge in [0, 0.05) is 6.42 Å². The van der Waals surface area contributed by atoms with Crippen molar-refractivity contribution in [1.82, 2.24) is 0 Å². The number of ether oxygens (including phenoxy) is 2. The second kappa shape index (κ2) is 6.91. The van der Waals surface area contributed by atoms with Gasteiger partial charge in [0.2, 0.25) is 9.84 Å². The standard InChI is InChI=1S/C15H19NO5S/c1-11-6-8-12(9-7-11)22(18,19)15-13(21-10-16-15)4-3-5-14(17)20-2/h6-10,13,15H,3-5H2,1-2H3/t13-,15-/m0/s1. The topological polar surface area (TPSA) is 82.0 Å². The van der Waals surface area contributed by atoms with Crippen LogP contribution < -0.4 is 0 Å². The number of benzene rings is 1. The van der Waals surface area contributed by atoms with Crippen LogP contribution in [-0.4, -0.2) is 39.4 Å². The molecule has 0 aromatic heterocycles. The Kier molecular flexibility index (Phi) is 5.18. The van der Waals surface area contributed by atoms with E-state index in [4.69, 9.17) is 4.74 Å². The van der Waals surface area contributed by atoms with Gasteiger partial charge in [-0.2, -0.15) is 0 Å². The molecule has 0 aliphatic carbocycles. The number of hydrogen-bond acceptors (Lipinski definition) is 6. The zero-order chi connectivity index (χ0) is 16.2. The van der Waals surface area contributed by atoms with Crippen LogP contribution in [0, 0.1) is 6.92 Å². The molecule has 2 rings (SSSR count). The van der Waals surface area contributed by atoms with Crippen LogP contribution in [0.3, 0.4) is 0 Å². The van der Waals surface area contributed by atoms with Gasteiger partial charge in [-0.3, -0.25) is 4.79 Å². The first-order chi connectivity index (χ1) is 10.4. The summed E-state index contributed by atoms with van der Waals surface area (Å²) in [6, 6.07) is 6.64. The van der Waals surface area contributed by atoms with Crippen molar-refractivity contribution in [2.24, 2.45) is 4.99 Å². The summed E-state index contributed by atoms with van der Waals surface area (Å²) in [5.74, 6) is -0.322. The van der Waals surface area contributed by atoms with Gasteiger partial charge in [0.15, 0.2) is 11.8 Å². The first kappa shape index (κ1) is 16.5. The van der Waals surface area contributed by atoms with E-state index in [1.165, 1.54) is 13.5 Å². The lowest BCUT2D eigenvalue weighted by atomic mass is 10.1. The Morgan fingerprint density at radius 2 is 2.00 bits per heavy atom. The van der Waals surface area contributed by atoms with Gasteiger partial charge in [0.1, 0.15) is 6.10 Å². The second-order valence-corrected chi connectivity index (χ2v) is 7.19. The van der Waals surface area contributed by atoms with Crippen molar-refractivity contribution in [1.29, 1.82) is 0 Å². The van der Waals surface area contributed by atoms with E-state index < -0.39 is 21.3 Å². The highest BCUT2D eigenvalue weighted by molar-refractivity contribution is 7.92. The van der Waals surface area contributed by atoms with Crippen LogP contribution in [0.5, 0.6) is 0 Å². The largest absolute Gasteiger partial charge is 0.477 e. The van der Waals surface area contributed by atoms with E-state index in [9.17, 15) is 13.2 Å². The highest BCUT2D eigenvalue weighted by Crippen LogP contribution is 2.26. The van der Waals surface area contributed by atoms with Crippen molar-refractivity contribution < 1.29 is 22.7 Å². The fourth-order valence-corrected chi connectivity index (χ4v) is 3.85. The van der Waals surface area contributed by atoms with E-state index in [1.54, 1.807) is 24.3 Å². The Hall–Kier alpha value is -1.89. The number of sulfone groups is 1. The van der Waals surface area contributed by atoms with Crippen LogP contribution in [0.1, 0.15) is 24.8 Å². The number of carbonyl (C=O) groups is 1. The fraction of sp³-hybridized carbons (Fsp3) is 0.467. The molecule has 1 aliphatic rings. The lowest BCUT2D eigenvalue weighted by molar-refractivity contribution is -0.140. The monoisotopic (exact) mass is 325 g/mol. The first-order valence-electron chi connectivity index (χ1n) is 6.99. The molecule has 7 heteroatoms. The second-order valence-electron chi connectivity index (χ2n) is 5.15. The SMILES string of the molecule is COC(=O)CCC[C@@H]1OC=N[C@H]1S(=O)(=O)c1ccc(C)cc1. The highest BCUT2D eigenvalue weighted by Gasteiger charge is 2.38. The summed E-state index contributed by atoms with van der Waals surface area (Å²) in [6.07, 6.45) is 1.74. The van der Waals surface area contributed by atoms with Crippen molar-refractivity contribution in [2.75, 3.05) is 7.11 Å². The van der Waals surface area contributed by atoms with E-state index in [1.807, 2.05) is 6.92 Å². The summed E-state index contributed by atoms with van der Waals surface area (Å²) < 4.78 is 35.1. The molecule has 0 fully saturated rings. The molecule has 0 unspecified atom stereocenters. The highest BCUT2D eigenvalue weighted by atomic mass is 32.2. The predicted octanol–water partition coefficient (Wildman–Crippen LogP) is 1.87. The summed E-state index contributed by atoms with van der Waals surface area (Å²) in [6.45, 7) is 1.89. The van der Waals surface area contributed by atoms with Crippen LogP contribution in [0.15, 0.2) is 34.2 Å². The van der Waals surface area contributed by atoms with Gasteiger partial charge in [-0.15, -0.1) is 0 Å². The molecule has 0 N–H and O–H groups in total. The normalized spacial score (nSPS) is 20.6. The van der Waals surface area contributed by atoms with Crippen molar-refractivity contribution >= 4 is 22.2 Å². The molecule has 1 aromatic rings. The molecule has 0 radical (unpaired) electrons. The van der Waals surface area contributed by atoms with Gasteiger partial charge in [-0.05, 0) is 31.9 Å². The van der Waals surface area contributed by atoms with Crippen LogP contribution in [0.4, 0.5) is 0 Å². The number of aliphatic imine (C=N–C) groups is 1. The molecule has 0 amide bonds. The lowest BCUT2D eigenvalue weighted by Crippen LogP contribution is -2.30. The average molecular weight is 325 g/mol. The Morgan fingerprint density at radius 1 is 1.32 bits per heavy atom. The summed E-state index contributed by atoms with van der Waals surface area (Å²) in [5.41, 5.74) is 0.986. The average Bonchev–Trinajstić information content (AvgIpc) is 2.96. The van der Waals surface area contributed by atoms with Crippen LogP contribution in [0.25, 0.3) is 0 Å². The van der Waals surface area contributed by atoms with E-state index in [-0.39, 0.29) is 17.3 Å². The van der Waals surface area contributed by atoms with Gasteiger partial charge in [-0.1, -0.05) is 17.7 Å². The summed E-state index contributed by atoms with van der Waals surface area (Å²) >= 11 is 0. The van der Waals surface area contributed by atoms with Crippen LogP contribution in [0.2, 0.25) is 0 Å². The Morgan fingerprint density at radius 3 is 2.64 bits per heavy atom. The van der Waals surface area contributed by atoms with E-state index >= 15 is 0 Å². The Labute approximate surface area is 130 Å². The van der Waals surface area contributed by atoms with Gasteiger partial charge in [-0.25, -0.2) is 13.4 Å². The number of methoxy groups -OCH3 is 1. The zero-order valence-electron chi connectivity index (χ0n) is 12.6. The third-order valence-corrected chi connectivity index (χ3v) is 5.52. The molecule has 0 spiro atoms. The molecule has 22 heavy (non-hydrogen) atoms. The molecule has 2 atom stereocenters. The van der Waals surface area contributed by atoms with Crippen LogP contribution in [-0.2, 0) is 24.1 Å². The maximum absolute atomic E-state index is 12.6. The molecule has 1 aliphatic heterocycles. The predicted molar refractivity (Wildman–Crippen MR) is 81.4 cm³/mol. The van der Waals surface area contributed by atoms with Crippen molar-refractivity contribution in [3.63, 3.8) is 0 Å². The summed E-state index contributed by atoms with van der Waals surface area (Å²) in [4.78, 5) is 15.3. The smallest absolute Gasteiger partial charge is 0.305 e. The first-order valence-corrected chi connectivity index (χ1v) is 8.54. The minimum Gasteiger partial charge on any atom is -0.477 e. The molecule has 1 aromatic carbocycles. The van der Waals surface area contributed by atoms with Gasteiger partial charge >= 0.3 is 5.97 Å². The summed E-state index contributed by atoms with van der Waals surface area (Å²) in [7, 11) is -2.28. The van der Waals surface area contributed by atoms with Crippen molar-refractivity contribution in [3.05, 3.63) is 29.8 Å². The van der Waals surface area contributed by atoms with E-state index in [0.29, 0.717) is 12.8 Å². The third kappa shape index (κ3) is 3.65. The maximum Gasteiger partial charge on any atom is 0.305 e. The number of hydrogen-bond donors (Lipinski definition) is 0. The van der Waals surface area contributed by atoms with Crippen molar-refractivity contribution in [2.45, 2.75) is 42.6 Å². The van der Waals surface area contributed by atoms with Gasteiger partial charge < -0.3 is 9.47 Å². The molecule has 0 saturated carbocycles. The number of carbonyl (C=O) groups excluding carboxylic acids is 1. The molecule has 1 heterocycles. The number of rotatable bonds is 6.